The fourth-order valence-corrected chi connectivity index (χ4v) is 1.55. The van der Waals surface area contributed by atoms with Crippen LogP contribution in [0.25, 0.3) is 0 Å². The van der Waals surface area contributed by atoms with Crippen LogP contribution < -0.4 is 0 Å². The first kappa shape index (κ1) is 22.0. The molecular weight excluding hydrogens is 268 g/mol. The SMILES string of the molecule is CCC(=O)CCCC(=O)CC.CCC(=O)CCCC(C)=O. The van der Waals surface area contributed by atoms with Gasteiger partial charge in [0.15, 0.2) is 0 Å². The summed E-state index contributed by atoms with van der Waals surface area (Å²) in [4.78, 5) is 42.6. The zero-order valence-corrected chi connectivity index (χ0v) is 14.0. The van der Waals surface area contributed by atoms with Crippen molar-refractivity contribution >= 4 is 23.1 Å². The van der Waals surface area contributed by atoms with Crippen LogP contribution in [-0.2, 0) is 19.2 Å². The van der Waals surface area contributed by atoms with Gasteiger partial charge in [0.1, 0.15) is 23.1 Å². The predicted octanol–water partition coefficient (Wildman–Crippen LogP) is 3.84. The summed E-state index contributed by atoms with van der Waals surface area (Å²) in [5.74, 6) is 0.938. The van der Waals surface area contributed by atoms with Gasteiger partial charge >= 0.3 is 0 Å². The number of rotatable bonds is 11. The third-order valence-electron chi connectivity index (χ3n) is 3.08. The van der Waals surface area contributed by atoms with E-state index in [1.165, 1.54) is 0 Å². The average Bonchev–Trinajstić information content (AvgIpc) is 2.46. The molecule has 0 atom stereocenters. The first-order valence-electron chi connectivity index (χ1n) is 7.91. The Balaban J connectivity index is 0. The fraction of sp³-hybridized carbons (Fsp3) is 0.765. The summed E-state index contributed by atoms with van der Waals surface area (Å²) in [6.07, 6.45) is 5.51. The van der Waals surface area contributed by atoms with E-state index in [1.54, 1.807) is 6.92 Å². The Bertz CT molecular complexity index is 316. The zero-order chi connectivity index (χ0) is 16.7. The molecular formula is C17H30O4. The molecule has 0 heterocycles. The smallest absolute Gasteiger partial charge is 0.132 e. The molecule has 0 spiro atoms. The Kier molecular flexibility index (Phi) is 15.8. The van der Waals surface area contributed by atoms with E-state index in [0.717, 1.165) is 12.8 Å². The van der Waals surface area contributed by atoms with Gasteiger partial charge in [-0.3, -0.25) is 14.4 Å². The molecule has 122 valence electrons. The van der Waals surface area contributed by atoms with E-state index < -0.39 is 0 Å². The van der Waals surface area contributed by atoms with E-state index in [9.17, 15) is 19.2 Å². The van der Waals surface area contributed by atoms with Gasteiger partial charge in [-0.05, 0) is 19.8 Å². The van der Waals surface area contributed by atoms with Crippen LogP contribution in [0.2, 0.25) is 0 Å². The molecule has 4 nitrogen and oxygen atoms in total. The Morgan fingerprint density at radius 3 is 1.10 bits per heavy atom. The highest BCUT2D eigenvalue weighted by molar-refractivity contribution is 5.81. The van der Waals surface area contributed by atoms with Crippen LogP contribution in [0.15, 0.2) is 0 Å². The van der Waals surface area contributed by atoms with Crippen molar-refractivity contribution in [3.63, 3.8) is 0 Å². The van der Waals surface area contributed by atoms with Crippen molar-refractivity contribution in [2.75, 3.05) is 0 Å². The Labute approximate surface area is 128 Å². The van der Waals surface area contributed by atoms with Crippen molar-refractivity contribution in [3.8, 4) is 0 Å². The highest BCUT2D eigenvalue weighted by Gasteiger charge is 2.01. The molecule has 0 unspecified atom stereocenters. The van der Waals surface area contributed by atoms with Crippen LogP contribution in [0.4, 0.5) is 0 Å². The number of ketones is 4. The second kappa shape index (κ2) is 15.1. The average molecular weight is 298 g/mol. The summed E-state index contributed by atoms with van der Waals surface area (Å²) >= 11 is 0. The molecule has 0 aliphatic carbocycles. The molecule has 0 N–H and O–H groups in total. The number of carbonyl (C=O) groups excluding carboxylic acids is 4. The lowest BCUT2D eigenvalue weighted by molar-refractivity contribution is -0.121. The van der Waals surface area contributed by atoms with Crippen LogP contribution in [0.3, 0.4) is 0 Å². The maximum atomic E-state index is 10.8. The third kappa shape index (κ3) is 18.7. The lowest BCUT2D eigenvalue weighted by Crippen LogP contribution is -1.99. The zero-order valence-electron chi connectivity index (χ0n) is 14.0. The molecule has 0 aromatic rings. The first-order valence-corrected chi connectivity index (χ1v) is 7.91. The van der Waals surface area contributed by atoms with E-state index in [4.69, 9.17) is 0 Å². The lowest BCUT2D eigenvalue weighted by atomic mass is 10.1. The summed E-state index contributed by atoms with van der Waals surface area (Å²) in [6.45, 7) is 7.10. The van der Waals surface area contributed by atoms with Crippen LogP contribution in [-0.4, -0.2) is 23.1 Å². The molecule has 21 heavy (non-hydrogen) atoms. The minimum atomic E-state index is 0.170. The normalized spacial score (nSPS) is 9.52. The Hall–Kier alpha value is -1.32. The third-order valence-corrected chi connectivity index (χ3v) is 3.08. The summed E-state index contributed by atoms with van der Waals surface area (Å²) < 4.78 is 0. The Morgan fingerprint density at radius 2 is 0.857 bits per heavy atom. The Morgan fingerprint density at radius 1 is 0.571 bits per heavy atom. The van der Waals surface area contributed by atoms with Crippen molar-refractivity contribution in [3.05, 3.63) is 0 Å². The van der Waals surface area contributed by atoms with Crippen molar-refractivity contribution < 1.29 is 19.2 Å². The van der Waals surface area contributed by atoms with Gasteiger partial charge < -0.3 is 4.79 Å². The molecule has 0 bridgehead atoms. The highest BCUT2D eigenvalue weighted by atomic mass is 16.1. The topological polar surface area (TPSA) is 68.3 Å². The minimum absolute atomic E-state index is 0.170. The second-order valence-electron chi connectivity index (χ2n) is 5.09. The van der Waals surface area contributed by atoms with Crippen molar-refractivity contribution in [1.82, 2.24) is 0 Å². The van der Waals surface area contributed by atoms with Gasteiger partial charge in [0.2, 0.25) is 0 Å². The van der Waals surface area contributed by atoms with Crippen LogP contribution in [0.5, 0.6) is 0 Å². The van der Waals surface area contributed by atoms with Gasteiger partial charge in [-0.15, -0.1) is 0 Å². The molecule has 0 fully saturated rings. The van der Waals surface area contributed by atoms with Gasteiger partial charge in [-0.25, -0.2) is 0 Å². The molecule has 0 saturated carbocycles. The quantitative estimate of drug-likeness (QED) is 0.581. The second-order valence-corrected chi connectivity index (χ2v) is 5.09. The minimum Gasteiger partial charge on any atom is -0.300 e. The number of carbonyl (C=O) groups is 4. The predicted molar refractivity (Wildman–Crippen MR) is 84.3 cm³/mol. The van der Waals surface area contributed by atoms with Crippen LogP contribution in [0.1, 0.15) is 85.5 Å². The van der Waals surface area contributed by atoms with Crippen LogP contribution >= 0.6 is 0 Å². The number of hydrogen-bond donors (Lipinski definition) is 0. The largest absolute Gasteiger partial charge is 0.300 e. The molecule has 0 aromatic heterocycles. The molecule has 0 radical (unpaired) electrons. The molecule has 0 rings (SSSR count). The summed E-state index contributed by atoms with van der Waals surface area (Å²) in [5, 5.41) is 0. The van der Waals surface area contributed by atoms with Gasteiger partial charge in [-0.2, -0.15) is 0 Å². The first-order chi connectivity index (χ1) is 9.87. The maximum Gasteiger partial charge on any atom is 0.132 e. The van der Waals surface area contributed by atoms with Crippen molar-refractivity contribution in [2.24, 2.45) is 0 Å². The van der Waals surface area contributed by atoms with E-state index in [1.807, 2.05) is 20.8 Å². The van der Waals surface area contributed by atoms with Crippen molar-refractivity contribution in [1.29, 1.82) is 0 Å². The number of hydrogen-bond acceptors (Lipinski definition) is 4. The standard InChI is InChI=1S/C9H16O2.C8H14O2/c1-3-8(10)6-5-7-9(11)4-2;1-3-8(10)6-4-5-7(2)9/h3-7H2,1-2H3;3-6H2,1-2H3. The highest BCUT2D eigenvalue weighted by Crippen LogP contribution is 2.01. The fourth-order valence-electron chi connectivity index (χ4n) is 1.55. The number of Topliss-reactive ketones (excluding diaryl/α,β-unsaturated/α-hetero) is 4. The molecule has 0 aromatic carbocycles. The van der Waals surface area contributed by atoms with Gasteiger partial charge in [0, 0.05) is 44.9 Å². The molecule has 0 aliphatic heterocycles. The van der Waals surface area contributed by atoms with E-state index in [2.05, 4.69) is 0 Å². The maximum absolute atomic E-state index is 10.8. The summed E-state index contributed by atoms with van der Waals surface area (Å²) in [7, 11) is 0. The molecule has 4 heteroatoms. The summed E-state index contributed by atoms with van der Waals surface area (Å²) in [5.41, 5.74) is 0. The summed E-state index contributed by atoms with van der Waals surface area (Å²) in [6, 6.07) is 0. The van der Waals surface area contributed by atoms with Crippen LogP contribution in [0, 0.1) is 0 Å². The van der Waals surface area contributed by atoms with E-state index in [0.29, 0.717) is 44.9 Å². The van der Waals surface area contributed by atoms with Crippen molar-refractivity contribution in [2.45, 2.75) is 85.5 Å². The molecule has 0 aliphatic rings. The molecule has 0 saturated heterocycles. The monoisotopic (exact) mass is 298 g/mol. The lowest BCUT2D eigenvalue weighted by Gasteiger charge is -1.95. The molecule has 0 amide bonds. The van der Waals surface area contributed by atoms with Gasteiger partial charge in [0.25, 0.3) is 0 Å². The van der Waals surface area contributed by atoms with Gasteiger partial charge in [-0.1, -0.05) is 20.8 Å². The van der Waals surface area contributed by atoms with E-state index >= 15 is 0 Å². The van der Waals surface area contributed by atoms with Gasteiger partial charge in [0.05, 0.1) is 0 Å². The van der Waals surface area contributed by atoms with E-state index in [-0.39, 0.29) is 23.1 Å².